The molecular weight excluding hydrogens is 267 g/mol. The molecule has 0 aromatic heterocycles. The smallest absolute Gasteiger partial charge is 0.0595 e. The van der Waals surface area contributed by atoms with Gasteiger partial charge < -0.3 is 5.32 Å². The molecule has 0 amide bonds. The Bertz CT molecular complexity index is 395. The lowest BCUT2D eigenvalue weighted by molar-refractivity contribution is 0.260. The maximum absolute atomic E-state index is 6.00. The first-order chi connectivity index (χ1) is 8.70. The van der Waals surface area contributed by atoms with Crippen LogP contribution in [0, 0.1) is 0 Å². The van der Waals surface area contributed by atoms with Crippen LogP contribution in [0.5, 0.6) is 0 Å². The Kier molecular flexibility index (Phi) is 5.31. The van der Waals surface area contributed by atoms with Gasteiger partial charge in [0.1, 0.15) is 0 Å². The normalized spacial score (nSPS) is 20.5. The number of hydrogen-bond donors (Lipinski definition) is 1. The van der Waals surface area contributed by atoms with E-state index in [1.807, 2.05) is 18.2 Å². The molecule has 0 aliphatic carbocycles. The number of nitrogens with one attached hydrogen (secondary N) is 1. The van der Waals surface area contributed by atoms with Crippen molar-refractivity contribution in [1.29, 1.82) is 0 Å². The van der Waals surface area contributed by atoms with E-state index in [1.165, 1.54) is 24.9 Å². The highest BCUT2D eigenvalue weighted by atomic mass is 35.5. The van der Waals surface area contributed by atoms with Gasteiger partial charge in [0.2, 0.25) is 0 Å². The first kappa shape index (κ1) is 14.1. The van der Waals surface area contributed by atoms with Crippen molar-refractivity contribution < 1.29 is 0 Å². The van der Waals surface area contributed by atoms with Crippen molar-refractivity contribution in [3.05, 3.63) is 33.8 Å². The molecule has 18 heavy (non-hydrogen) atoms. The first-order valence-corrected chi connectivity index (χ1v) is 7.35. The molecule has 1 aromatic rings. The molecular formula is C14H20Cl2N2. The van der Waals surface area contributed by atoms with Crippen molar-refractivity contribution in [3.8, 4) is 0 Å². The van der Waals surface area contributed by atoms with Crippen LogP contribution in [0.25, 0.3) is 0 Å². The van der Waals surface area contributed by atoms with Crippen LogP contribution in [-0.4, -0.2) is 30.6 Å². The molecule has 1 N–H and O–H groups in total. The number of halogens is 2. The van der Waals surface area contributed by atoms with Crippen LogP contribution < -0.4 is 5.32 Å². The van der Waals surface area contributed by atoms with Crippen LogP contribution in [0.1, 0.15) is 25.3 Å². The fourth-order valence-corrected chi connectivity index (χ4v) is 2.90. The standard InChI is InChI=1S/C14H20Cl2N2/c1-2-18-7-3-4-12(18)10-17-9-11-5-6-13(15)14(16)8-11/h5-6,8,12,17H,2-4,7,9-10H2,1H3/t12-/m1/s1. The topological polar surface area (TPSA) is 15.3 Å². The summed E-state index contributed by atoms with van der Waals surface area (Å²) >= 11 is 11.9. The second-order valence-electron chi connectivity index (χ2n) is 4.80. The van der Waals surface area contributed by atoms with E-state index in [0.29, 0.717) is 16.1 Å². The number of likely N-dealkylation sites (tertiary alicyclic amines) is 1. The number of rotatable bonds is 5. The highest BCUT2D eigenvalue weighted by molar-refractivity contribution is 6.42. The Morgan fingerprint density at radius 3 is 2.89 bits per heavy atom. The van der Waals surface area contributed by atoms with Crippen LogP contribution in [0.3, 0.4) is 0 Å². The second-order valence-corrected chi connectivity index (χ2v) is 5.62. The summed E-state index contributed by atoms with van der Waals surface area (Å²) in [6, 6.07) is 6.50. The van der Waals surface area contributed by atoms with Crippen LogP contribution >= 0.6 is 23.2 Å². The summed E-state index contributed by atoms with van der Waals surface area (Å²) in [5.74, 6) is 0. The molecule has 0 radical (unpaired) electrons. The van der Waals surface area contributed by atoms with Crippen molar-refractivity contribution in [2.24, 2.45) is 0 Å². The molecule has 1 heterocycles. The van der Waals surface area contributed by atoms with Crippen molar-refractivity contribution in [1.82, 2.24) is 10.2 Å². The lowest BCUT2D eigenvalue weighted by atomic mass is 10.2. The highest BCUT2D eigenvalue weighted by Gasteiger charge is 2.21. The zero-order chi connectivity index (χ0) is 13.0. The molecule has 0 spiro atoms. The van der Waals surface area contributed by atoms with E-state index in [2.05, 4.69) is 17.1 Å². The van der Waals surface area contributed by atoms with E-state index >= 15 is 0 Å². The molecule has 1 fully saturated rings. The average Bonchev–Trinajstić information content (AvgIpc) is 2.81. The van der Waals surface area contributed by atoms with Gasteiger partial charge in [-0.05, 0) is 43.6 Å². The summed E-state index contributed by atoms with van der Waals surface area (Å²) in [5.41, 5.74) is 1.19. The van der Waals surface area contributed by atoms with E-state index in [9.17, 15) is 0 Å². The number of nitrogens with zero attached hydrogens (tertiary/aromatic N) is 1. The van der Waals surface area contributed by atoms with Gasteiger partial charge in [0.25, 0.3) is 0 Å². The number of hydrogen-bond acceptors (Lipinski definition) is 2. The van der Waals surface area contributed by atoms with Crippen molar-refractivity contribution >= 4 is 23.2 Å². The van der Waals surface area contributed by atoms with Gasteiger partial charge >= 0.3 is 0 Å². The Morgan fingerprint density at radius 2 is 2.17 bits per heavy atom. The number of likely N-dealkylation sites (N-methyl/N-ethyl adjacent to an activating group) is 1. The highest BCUT2D eigenvalue weighted by Crippen LogP contribution is 2.22. The average molecular weight is 287 g/mol. The molecule has 1 atom stereocenters. The summed E-state index contributed by atoms with van der Waals surface area (Å²) in [6.07, 6.45) is 2.63. The molecule has 1 aliphatic heterocycles. The summed E-state index contributed by atoms with van der Waals surface area (Å²) < 4.78 is 0. The minimum Gasteiger partial charge on any atom is -0.311 e. The zero-order valence-corrected chi connectivity index (χ0v) is 12.3. The summed E-state index contributed by atoms with van der Waals surface area (Å²) in [5, 5.41) is 4.76. The van der Waals surface area contributed by atoms with Crippen LogP contribution in [-0.2, 0) is 6.54 Å². The fraction of sp³-hybridized carbons (Fsp3) is 0.571. The Hall–Kier alpha value is -0.280. The maximum atomic E-state index is 6.00. The first-order valence-electron chi connectivity index (χ1n) is 6.59. The van der Waals surface area contributed by atoms with Gasteiger partial charge in [0, 0.05) is 19.1 Å². The van der Waals surface area contributed by atoms with E-state index in [4.69, 9.17) is 23.2 Å². The van der Waals surface area contributed by atoms with Gasteiger partial charge in [-0.1, -0.05) is 36.2 Å². The predicted molar refractivity (Wildman–Crippen MR) is 78.4 cm³/mol. The van der Waals surface area contributed by atoms with Crippen molar-refractivity contribution in [3.63, 3.8) is 0 Å². The molecule has 0 unspecified atom stereocenters. The van der Waals surface area contributed by atoms with Gasteiger partial charge in [-0.2, -0.15) is 0 Å². The van der Waals surface area contributed by atoms with Gasteiger partial charge in [-0.3, -0.25) is 4.90 Å². The summed E-state index contributed by atoms with van der Waals surface area (Å²) in [7, 11) is 0. The maximum Gasteiger partial charge on any atom is 0.0595 e. The van der Waals surface area contributed by atoms with E-state index in [1.54, 1.807) is 0 Å². The summed E-state index contributed by atoms with van der Waals surface area (Å²) in [6.45, 7) is 6.53. The monoisotopic (exact) mass is 286 g/mol. The molecule has 0 saturated carbocycles. The SMILES string of the molecule is CCN1CCC[C@@H]1CNCc1ccc(Cl)c(Cl)c1. The van der Waals surface area contributed by atoms with E-state index in [0.717, 1.165) is 19.6 Å². The minimum absolute atomic E-state index is 0.619. The molecule has 2 nitrogen and oxygen atoms in total. The lowest BCUT2D eigenvalue weighted by Gasteiger charge is -2.23. The molecule has 100 valence electrons. The predicted octanol–water partition coefficient (Wildman–Crippen LogP) is 3.57. The third-order valence-corrected chi connectivity index (χ3v) is 4.34. The quantitative estimate of drug-likeness (QED) is 0.890. The van der Waals surface area contributed by atoms with Crippen LogP contribution in [0.2, 0.25) is 10.0 Å². The number of benzene rings is 1. The molecule has 2 rings (SSSR count). The third-order valence-electron chi connectivity index (χ3n) is 3.60. The van der Waals surface area contributed by atoms with Gasteiger partial charge in [-0.15, -0.1) is 0 Å². The fourth-order valence-electron chi connectivity index (χ4n) is 2.58. The van der Waals surface area contributed by atoms with E-state index in [-0.39, 0.29) is 0 Å². The van der Waals surface area contributed by atoms with E-state index < -0.39 is 0 Å². The molecule has 4 heteroatoms. The molecule has 1 aromatic carbocycles. The Labute approximate surface area is 119 Å². The molecule has 1 saturated heterocycles. The molecule has 1 aliphatic rings. The third kappa shape index (κ3) is 3.61. The summed E-state index contributed by atoms with van der Waals surface area (Å²) in [4.78, 5) is 2.54. The van der Waals surface area contributed by atoms with Crippen molar-refractivity contribution in [2.45, 2.75) is 32.4 Å². The zero-order valence-electron chi connectivity index (χ0n) is 10.8. The molecule has 0 bridgehead atoms. The van der Waals surface area contributed by atoms with Gasteiger partial charge in [0.15, 0.2) is 0 Å². The second kappa shape index (κ2) is 6.76. The lowest BCUT2D eigenvalue weighted by Crippen LogP contribution is -2.37. The largest absolute Gasteiger partial charge is 0.311 e. The van der Waals surface area contributed by atoms with Crippen LogP contribution in [0.15, 0.2) is 18.2 Å². The van der Waals surface area contributed by atoms with Crippen molar-refractivity contribution in [2.75, 3.05) is 19.6 Å². The van der Waals surface area contributed by atoms with Gasteiger partial charge in [0.05, 0.1) is 10.0 Å². The Morgan fingerprint density at radius 1 is 1.33 bits per heavy atom. The van der Waals surface area contributed by atoms with Crippen LogP contribution in [0.4, 0.5) is 0 Å². The minimum atomic E-state index is 0.619. The Balaban J connectivity index is 1.79. The van der Waals surface area contributed by atoms with Gasteiger partial charge in [-0.25, -0.2) is 0 Å².